The number of fused-ring (bicyclic) bond motifs is 1. The maximum absolute atomic E-state index is 12.7. The van der Waals surface area contributed by atoms with E-state index in [2.05, 4.69) is 0 Å². The molecule has 0 spiro atoms. The molecule has 30 heavy (non-hydrogen) atoms. The SMILES string of the molecule is COc1ccc(/C=C2\Oc3cc(OC(=O)C4CCCCC4)ccc3C2=O)cc1OC. The van der Waals surface area contributed by atoms with Crippen LogP contribution in [-0.2, 0) is 4.79 Å². The zero-order chi connectivity index (χ0) is 21.1. The van der Waals surface area contributed by atoms with Crippen molar-refractivity contribution in [1.29, 1.82) is 0 Å². The van der Waals surface area contributed by atoms with Crippen molar-refractivity contribution >= 4 is 17.8 Å². The first-order chi connectivity index (χ1) is 14.6. The predicted octanol–water partition coefficient (Wildman–Crippen LogP) is 4.81. The van der Waals surface area contributed by atoms with Crippen LogP contribution in [0.2, 0.25) is 0 Å². The lowest BCUT2D eigenvalue weighted by molar-refractivity contribution is -0.139. The maximum Gasteiger partial charge on any atom is 0.314 e. The largest absolute Gasteiger partial charge is 0.493 e. The summed E-state index contributed by atoms with van der Waals surface area (Å²) in [5, 5.41) is 0. The van der Waals surface area contributed by atoms with Crippen molar-refractivity contribution in [2.45, 2.75) is 32.1 Å². The second kappa shape index (κ2) is 8.61. The molecule has 1 saturated carbocycles. The van der Waals surface area contributed by atoms with Crippen molar-refractivity contribution in [3.8, 4) is 23.0 Å². The molecule has 1 heterocycles. The number of ketones is 1. The average Bonchev–Trinajstić information content (AvgIpc) is 3.08. The number of rotatable bonds is 5. The average molecular weight is 408 g/mol. The quantitative estimate of drug-likeness (QED) is 0.402. The van der Waals surface area contributed by atoms with E-state index >= 15 is 0 Å². The first-order valence-corrected chi connectivity index (χ1v) is 10.1. The molecule has 156 valence electrons. The highest BCUT2D eigenvalue weighted by molar-refractivity contribution is 6.14. The van der Waals surface area contributed by atoms with Gasteiger partial charge in [0.1, 0.15) is 11.5 Å². The fraction of sp³-hybridized carbons (Fsp3) is 0.333. The number of Topliss-reactive ketones (excluding diaryl/α,β-unsaturated/α-hetero) is 1. The van der Waals surface area contributed by atoms with Crippen LogP contribution in [0.15, 0.2) is 42.2 Å². The third-order valence-corrected chi connectivity index (χ3v) is 5.50. The number of ether oxygens (including phenoxy) is 4. The molecule has 0 radical (unpaired) electrons. The minimum absolute atomic E-state index is 0.0462. The smallest absolute Gasteiger partial charge is 0.314 e. The molecule has 1 aliphatic carbocycles. The van der Waals surface area contributed by atoms with Gasteiger partial charge in [-0.25, -0.2) is 0 Å². The Morgan fingerprint density at radius 3 is 2.50 bits per heavy atom. The molecule has 2 aromatic carbocycles. The van der Waals surface area contributed by atoms with E-state index in [4.69, 9.17) is 18.9 Å². The standard InChI is InChI=1S/C24H24O6/c1-27-19-11-8-15(12-21(19)28-2)13-22-23(25)18-10-9-17(14-20(18)30-22)29-24(26)16-6-4-3-5-7-16/h8-14,16H,3-7H2,1-2H3/b22-13-. The molecular weight excluding hydrogens is 384 g/mol. The summed E-state index contributed by atoms with van der Waals surface area (Å²) < 4.78 is 21.9. The summed E-state index contributed by atoms with van der Waals surface area (Å²) in [6.45, 7) is 0. The van der Waals surface area contributed by atoms with Gasteiger partial charge < -0.3 is 18.9 Å². The number of hydrogen-bond donors (Lipinski definition) is 0. The summed E-state index contributed by atoms with van der Waals surface area (Å²) in [6.07, 6.45) is 6.69. The Morgan fingerprint density at radius 1 is 1.00 bits per heavy atom. The van der Waals surface area contributed by atoms with Gasteiger partial charge >= 0.3 is 5.97 Å². The molecule has 2 aromatic rings. The molecule has 4 rings (SSSR count). The Balaban J connectivity index is 1.51. The van der Waals surface area contributed by atoms with Crippen molar-refractivity contribution in [1.82, 2.24) is 0 Å². The van der Waals surface area contributed by atoms with Crippen molar-refractivity contribution in [3.05, 3.63) is 53.3 Å². The van der Waals surface area contributed by atoms with E-state index in [-0.39, 0.29) is 23.4 Å². The van der Waals surface area contributed by atoms with Gasteiger partial charge in [-0.15, -0.1) is 0 Å². The van der Waals surface area contributed by atoms with E-state index < -0.39 is 0 Å². The van der Waals surface area contributed by atoms with Crippen molar-refractivity contribution in [2.75, 3.05) is 14.2 Å². The monoisotopic (exact) mass is 408 g/mol. The maximum atomic E-state index is 12.7. The Morgan fingerprint density at radius 2 is 1.77 bits per heavy atom. The molecule has 6 heteroatoms. The van der Waals surface area contributed by atoms with Gasteiger partial charge in [-0.2, -0.15) is 0 Å². The third-order valence-electron chi connectivity index (χ3n) is 5.50. The first-order valence-electron chi connectivity index (χ1n) is 10.1. The van der Waals surface area contributed by atoms with Crippen molar-refractivity contribution in [2.24, 2.45) is 5.92 Å². The van der Waals surface area contributed by atoms with Crippen LogP contribution >= 0.6 is 0 Å². The molecule has 1 aliphatic heterocycles. The fourth-order valence-corrected chi connectivity index (χ4v) is 3.86. The first kappa shape index (κ1) is 20.0. The lowest BCUT2D eigenvalue weighted by Gasteiger charge is -2.19. The van der Waals surface area contributed by atoms with E-state index in [0.717, 1.165) is 31.2 Å². The van der Waals surface area contributed by atoms with E-state index in [1.807, 2.05) is 6.07 Å². The van der Waals surface area contributed by atoms with Crippen LogP contribution in [-0.4, -0.2) is 26.0 Å². The molecule has 2 aliphatic rings. The number of hydrogen-bond acceptors (Lipinski definition) is 6. The molecule has 0 bridgehead atoms. The van der Waals surface area contributed by atoms with Crippen LogP contribution in [0.3, 0.4) is 0 Å². The predicted molar refractivity (Wildman–Crippen MR) is 111 cm³/mol. The number of methoxy groups -OCH3 is 2. The van der Waals surface area contributed by atoms with Gasteiger partial charge in [0, 0.05) is 6.07 Å². The van der Waals surface area contributed by atoms with E-state index in [0.29, 0.717) is 28.6 Å². The summed E-state index contributed by atoms with van der Waals surface area (Å²) in [6, 6.07) is 10.2. The molecule has 0 unspecified atom stereocenters. The van der Waals surface area contributed by atoms with Gasteiger partial charge in [-0.1, -0.05) is 25.3 Å². The second-order valence-electron chi connectivity index (χ2n) is 7.47. The lowest BCUT2D eigenvalue weighted by Crippen LogP contribution is -2.22. The zero-order valence-corrected chi connectivity index (χ0v) is 17.1. The summed E-state index contributed by atoms with van der Waals surface area (Å²) in [7, 11) is 3.12. The fourth-order valence-electron chi connectivity index (χ4n) is 3.86. The number of allylic oxidation sites excluding steroid dienone is 1. The van der Waals surface area contributed by atoms with Crippen molar-refractivity contribution in [3.63, 3.8) is 0 Å². The Hall–Kier alpha value is -3.28. The molecule has 0 saturated heterocycles. The Labute approximate surface area is 175 Å². The van der Waals surface area contributed by atoms with Crippen LogP contribution in [0.1, 0.15) is 48.0 Å². The summed E-state index contributed by atoms with van der Waals surface area (Å²) in [4.78, 5) is 25.1. The van der Waals surface area contributed by atoms with Crippen LogP contribution in [0.5, 0.6) is 23.0 Å². The van der Waals surface area contributed by atoms with Crippen LogP contribution in [0, 0.1) is 5.92 Å². The van der Waals surface area contributed by atoms with Crippen molar-refractivity contribution < 1.29 is 28.5 Å². The van der Waals surface area contributed by atoms with Gasteiger partial charge in [-0.3, -0.25) is 9.59 Å². The Bertz CT molecular complexity index is 1000. The second-order valence-corrected chi connectivity index (χ2v) is 7.47. The molecule has 0 aromatic heterocycles. The van der Waals surface area contributed by atoms with Gasteiger partial charge in [0.15, 0.2) is 17.3 Å². The summed E-state index contributed by atoms with van der Waals surface area (Å²) in [5.41, 5.74) is 1.19. The Kier molecular flexibility index (Phi) is 5.74. The molecule has 1 fully saturated rings. The highest BCUT2D eigenvalue weighted by atomic mass is 16.5. The molecular formula is C24H24O6. The summed E-state index contributed by atoms with van der Waals surface area (Å²) in [5.74, 6) is 1.68. The number of esters is 1. The van der Waals surface area contributed by atoms with Crippen LogP contribution in [0.4, 0.5) is 0 Å². The minimum atomic E-state index is -0.218. The number of benzene rings is 2. The lowest BCUT2D eigenvalue weighted by atomic mass is 9.89. The van der Waals surface area contributed by atoms with Crippen LogP contribution in [0.25, 0.3) is 6.08 Å². The number of carbonyl (C=O) groups is 2. The van der Waals surface area contributed by atoms with Gasteiger partial charge in [0.25, 0.3) is 0 Å². The topological polar surface area (TPSA) is 71.1 Å². The minimum Gasteiger partial charge on any atom is -0.493 e. The molecule has 6 nitrogen and oxygen atoms in total. The highest BCUT2D eigenvalue weighted by Crippen LogP contribution is 2.36. The van der Waals surface area contributed by atoms with Crippen LogP contribution < -0.4 is 18.9 Å². The van der Waals surface area contributed by atoms with E-state index in [9.17, 15) is 9.59 Å². The van der Waals surface area contributed by atoms with Gasteiger partial charge in [0.05, 0.1) is 25.7 Å². The molecule has 0 N–H and O–H groups in total. The summed E-state index contributed by atoms with van der Waals surface area (Å²) >= 11 is 0. The molecule has 0 atom stereocenters. The van der Waals surface area contributed by atoms with E-state index in [1.54, 1.807) is 50.6 Å². The third kappa shape index (κ3) is 4.03. The van der Waals surface area contributed by atoms with Gasteiger partial charge in [-0.05, 0) is 48.7 Å². The molecule has 0 amide bonds. The zero-order valence-electron chi connectivity index (χ0n) is 17.1. The number of carbonyl (C=O) groups excluding carboxylic acids is 2. The normalized spacial score (nSPS) is 17.4. The van der Waals surface area contributed by atoms with Gasteiger partial charge in [0.2, 0.25) is 5.78 Å². The van der Waals surface area contributed by atoms with E-state index in [1.165, 1.54) is 6.42 Å². The highest BCUT2D eigenvalue weighted by Gasteiger charge is 2.29.